The van der Waals surface area contributed by atoms with Gasteiger partial charge in [-0.25, -0.2) is 0 Å². The second-order valence-electron chi connectivity index (χ2n) is 7.82. The van der Waals surface area contributed by atoms with E-state index in [1.807, 2.05) is 19.1 Å². The summed E-state index contributed by atoms with van der Waals surface area (Å²) in [6, 6.07) is 12.6. The molecule has 1 aliphatic rings. The van der Waals surface area contributed by atoms with E-state index in [0.29, 0.717) is 40.1 Å². The SMILES string of the molecule is COCCN1C(=O)C(Nc2ccc(C)c(Cl)c2)=C(c2ccc(OCC(C)C)cc2)C1=O. The number of ether oxygens (including phenoxy) is 2. The number of nitrogens with one attached hydrogen (secondary N) is 1. The predicted molar refractivity (Wildman–Crippen MR) is 122 cm³/mol. The highest BCUT2D eigenvalue weighted by Crippen LogP contribution is 2.32. The van der Waals surface area contributed by atoms with Crippen LogP contribution in [0.2, 0.25) is 5.02 Å². The minimum atomic E-state index is -0.395. The maximum absolute atomic E-state index is 13.1. The van der Waals surface area contributed by atoms with E-state index in [-0.39, 0.29) is 24.8 Å². The van der Waals surface area contributed by atoms with E-state index in [4.69, 9.17) is 21.1 Å². The molecule has 0 atom stereocenters. The molecule has 3 rings (SSSR count). The van der Waals surface area contributed by atoms with Gasteiger partial charge in [0.2, 0.25) is 0 Å². The van der Waals surface area contributed by atoms with Crippen molar-refractivity contribution in [2.45, 2.75) is 20.8 Å². The molecule has 0 saturated heterocycles. The van der Waals surface area contributed by atoms with E-state index in [1.54, 1.807) is 30.3 Å². The van der Waals surface area contributed by atoms with Crippen molar-refractivity contribution in [1.82, 2.24) is 4.90 Å². The van der Waals surface area contributed by atoms with Gasteiger partial charge in [0.05, 0.1) is 25.3 Å². The van der Waals surface area contributed by atoms with Crippen LogP contribution >= 0.6 is 11.6 Å². The number of imide groups is 1. The first-order chi connectivity index (χ1) is 14.8. The molecular formula is C24H27ClN2O4. The van der Waals surface area contributed by atoms with Gasteiger partial charge >= 0.3 is 0 Å². The Morgan fingerprint density at radius 3 is 2.39 bits per heavy atom. The second kappa shape index (κ2) is 9.98. The van der Waals surface area contributed by atoms with Crippen molar-refractivity contribution in [3.8, 4) is 5.75 Å². The maximum atomic E-state index is 13.1. The van der Waals surface area contributed by atoms with Crippen LogP contribution in [0, 0.1) is 12.8 Å². The Labute approximate surface area is 187 Å². The lowest BCUT2D eigenvalue weighted by Gasteiger charge is -2.14. The van der Waals surface area contributed by atoms with Gasteiger partial charge in [-0.3, -0.25) is 14.5 Å². The summed E-state index contributed by atoms with van der Waals surface area (Å²) in [5.74, 6) is 0.362. The first-order valence-corrected chi connectivity index (χ1v) is 10.6. The van der Waals surface area contributed by atoms with E-state index in [2.05, 4.69) is 19.2 Å². The van der Waals surface area contributed by atoms with Crippen LogP contribution in [0.5, 0.6) is 5.75 Å². The molecule has 0 spiro atoms. The molecule has 31 heavy (non-hydrogen) atoms. The molecule has 2 aromatic carbocycles. The summed E-state index contributed by atoms with van der Waals surface area (Å²) in [5, 5.41) is 3.69. The van der Waals surface area contributed by atoms with Crippen molar-refractivity contribution in [3.63, 3.8) is 0 Å². The fourth-order valence-electron chi connectivity index (χ4n) is 3.14. The lowest BCUT2D eigenvalue weighted by atomic mass is 10.0. The van der Waals surface area contributed by atoms with Crippen molar-refractivity contribution in [2.75, 3.05) is 32.2 Å². The molecule has 1 aliphatic heterocycles. The molecule has 6 nitrogen and oxygen atoms in total. The van der Waals surface area contributed by atoms with Crippen LogP contribution < -0.4 is 10.1 Å². The molecular weight excluding hydrogens is 416 g/mol. The number of rotatable bonds is 9. The average Bonchev–Trinajstić information content (AvgIpc) is 2.97. The number of carbonyl (C=O) groups is 2. The first-order valence-electron chi connectivity index (χ1n) is 10.2. The van der Waals surface area contributed by atoms with Gasteiger partial charge in [-0.2, -0.15) is 0 Å². The zero-order chi connectivity index (χ0) is 22.5. The summed E-state index contributed by atoms with van der Waals surface area (Å²) in [5.41, 5.74) is 2.73. The van der Waals surface area contributed by atoms with Crippen LogP contribution in [0.25, 0.3) is 5.57 Å². The maximum Gasteiger partial charge on any atom is 0.278 e. The molecule has 1 N–H and O–H groups in total. The van der Waals surface area contributed by atoms with Gasteiger partial charge in [-0.15, -0.1) is 0 Å². The number of amides is 2. The monoisotopic (exact) mass is 442 g/mol. The number of anilines is 1. The highest BCUT2D eigenvalue weighted by Gasteiger charge is 2.39. The zero-order valence-corrected chi connectivity index (χ0v) is 19.0. The minimum absolute atomic E-state index is 0.174. The summed E-state index contributed by atoms with van der Waals surface area (Å²) in [6.45, 7) is 7.09. The molecule has 0 fully saturated rings. The van der Waals surface area contributed by atoms with Crippen LogP contribution in [-0.4, -0.2) is 43.6 Å². The predicted octanol–water partition coefficient (Wildman–Crippen LogP) is 4.52. The molecule has 0 aliphatic carbocycles. The summed E-state index contributed by atoms with van der Waals surface area (Å²) in [4.78, 5) is 27.4. The number of benzene rings is 2. The van der Waals surface area contributed by atoms with Crippen molar-refractivity contribution in [1.29, 1.82) is 0 Å². The highest BCUT2D eigenvalue weighted by atomic mass is 35.5. The van der Waals surface area contributed by atoms with E-state index >= 15 is 0 Å². The van der Waals surface area contributed by atoms with E-state index in [0.717, 1.165) is 5.56 Å². The van der Waals surface area contributed by atoms with E-state index in [1.165, 1.54) is 12.0 Å². The topological polar surface area (TPSA) is 67.9 Å². The van der Waals surface area contributed by atoms with Gasteiger partial charge in [0, 0.05) is 17.8 Å². The van der Waals surface area contributed by atoms with Gasteiger partial charge in [0.25, 0.3) is 11.8 Å². The third kappa shape index (κ3) is 5.27. The fourth-order valence-corrected chi connectivity index (χ4v) is 3.32. The van der Waals surface area contributed by atoms with Crippen LogP contribution in [0.1, 0.15) is 25.0 Å². The van der Waals surface area contributed by atoms with Crippen molar-refractivity contribution in [3.05, 3.63) is 64.3 Å². The highest BCUT2D eigenvalue weighted by molar-refractivity contribution is 6.36. The summed E-state index contributed by atoms with van der Waals surface area (Å²) < 4.78 is 10.8. The van der Waals surface area contributed by atoms with Crippen LogP contribution in [0.3, 0.4) is 0 Å². The first kappa shape index (κ1) is 22.8. The van der Waals surface area contributed by atoms with Gasteiger partial charge in [-0.05, 0) is 48.2 Å². The minimum Gasteiger partial charge on any atom is -0.493 e. The molecule has 0 unspecified atom stereocenters. The molecule has 1 heterocycles. The molecule has 164 valence electrons. The average molecular weight is 443 g/mol. The zero-order valence-electron chi connectivity index (χ0n) is 18.2. The summed E-state index contributed by atoms with van der Waals surface area (Å²) in [7, 11) is 1.53. The number of aryl methyl sites for hydroxylation is 1. The normalized spacial score (nSPS) is 14.1. The van der Waals surface area contributed by atoms with Crippen molar-refractivity contribution < 1.29 is 19.1 Å². The Hall–Kier alpha value is -2.83. The largest absolute Gasteiger partial charge is 0.493 e. The Morgan fingerprint density at radius 1 is 1.06 bits per heavy atom. The lowest BCUT2D eigenvalue weighted by Crippen LogP contribution is -2.35. The molecule has 0 aromatic heterocycles. The Balaban J connectivity index is 1.96. The molecule has 2 amide bonds. The van der Waals surface area contributed by atoms with Crippen LogP contribution in [0.4, 0.5) is 5.69 Å². The Morgan fingerprint density at radius 2 is 1.77 bits per heavy atom. The van der Waals surface area contributed by atoms with Crippen LogP contribution in [0.15, 0.2) is 48.2 Å². The van der Waals surface area contributed by atoms with E-state index < -0.39 is 5.91 Å². The molecule has 0 radical (unpaired) electrons. The van der Waals surface area contributed by atoms with Crippen LogP contribution in [-0.2, 0) is 14.3 Å². The standard InChI is InChI=1S/C24H27ClN2O4/c1-15(2)14-31-19-9-6-17(7-10-19)21-22(24(29)27(23(21)28)11-12-30-4)26-18-8-5-16(3)20(25)13-18/h5-10,13,15,26H,11-12,14H2,1-4H3. The number of halogens is 1. The Bertz CT molecular complexity index is 999. The quantitative estimate of drug-likeness (QED) is 0.578. The third-order valence-electron chi connectivity index (χ3n) is 4.85. The second-order valence-corrected chi connectivity index (χ2v) is 8.23. The van der Waals surface area contributed by atoms with Gasteiger partial charge in [0.1, 0.15) is 11.4 Å². The molecule has 2 aromatic rings. The van der Waals surface area contributed by atoms with Crippen molar-refractivity contribution in [2.24, 2.45) is 5.92 Å². The number of hydrogen-bond donors (Lipinski definition) is 1. The van der Waals surface area contributed by atoms with Gasteiger partial charge in [0.15, 0.2) is 0 Å². The van der Waals surface area contributed by atoms with Gasteiger partial charge < -0.3 is 14.8 Å². The molecule has 7 heteroatoms. The van der Waals surface area contributed by atoms with Gasteiger partial charge in [-0.1, -0.05) is 43.6 Å². The summed E-state index contributed by atoms with van der Waals surface area (Å²) in [6.07, 6.45) is 0. The molecule has 0 saturated carbocycles. The third-order valence-corrected chi connectivity index (χ3v) is 5.26. The smallest absolute Gasteiger partial charge is 0.278 e. The number of carbonyl (C=O) groups excluding carboxylic acids is 2. The number of hydrogen-bond acceptors (Lipinski definition) is 5. The fraction of sp³-hybridized carbons (Fsp3) is 0.333. The number of nitrogens with zero attached hydrogens (tertiary/aromatic N) is 1. The molecule has 0 bridgehead atoms. The van der Waals surface area contributed by atoms with Crippen molar-refractivity contribution >= 4 is 34.7 Å². The Kier molecular flexibility index (Phi) is 7.36. The lowest BCUT2D eigenvalue weighted by molar-refractivity contribution is -0.137. The summed E-state index contributed by atoms with van der Waals surface area (Å²) >= 11 is 6.24. The number of methoxy groups -OCH3 is 1. The van der Waals surface area contributed by atoms with E-state index in [9.17, 15) is 9.59 Å².